The fraction of sp³-hybridized carbons (Fsp3) is 0.444. The summed E-state index contributed by atoms with van der Waals surface area (Å²) in [5.41, 5.74) is 0.520. The zero-order valence-corrected chi connectivity index (χ0v) is 8.29. The molecule has 0 aliphatic carbocycles. The van der Waals surface area contributed by atoms with Gasteiger partial charge in [-0.15, -0.1) is 0 Å². The summed E-state index contributed by atoms with van der Waals surface area (Å²) in [5.74, 6) is -0.874. The van der Waals surface area contributed by atoms with Gasteiger partial charge < -0.3 is 15.5 Å². The molecule has 0 aromatic heterocycles. The van der Waals surface area contributed by atoms with Gasteiger partial charge in [0.1, 0.15) is 6.54 Å². The van der Waals surface area contributed by atoms with Gasteiger partial charge in [-0.3, -0.25) is 9.59 Å². The van der Waals surface area contributed by atoms with Crippen LogP contribution in [0.4, 0.5) is 0 Å². The van der Waals surface area contributed by atoms with Crippen LogP contribution in [-0.2, 0) is 14.3 Å². The molecule has 5 heteroatoms. The van der Waals surface area contributed by atoms with Crippen molar-refractivity contribution in [3.05, 3.63) is 11.6 Å². The predicted molar refractivity (Wildman–Crippen MR) is 52.2 cm³/mol. The molecule has 0 spiro atoms. The molecule has 5 nitrogen and oxygen atoms in total. The highest BCUT2D eigenvalue weighted by molar-refractivity contribution is 5.95. The molecule has 0 saturated carbocycles. The summed E-state index contributed by atoms with van der Waals surface area (Å²) in [7, 11) is 0. The zero-order valence-electron chi connectivity index (χ0n) is 8.29. The smallest absolute Gasteiger partial charge is 0.325 e. The molecule has 0 saturated heterocycles. The fourth-order valence-electron chi connectivity index (χ4n) is 0.671. The van der Waals surface area contributed by atoms with Crippen LogP contribution >= 0.6 is 0 Å². The Morgan fingerprint density at radius 3 is 2.64 bits per heavy atom. The SMILES string of the molecule is CCOC(=O)CNC(=O)/C=C(/C)C=N. The minimum Gasteiger partial charge on any atom is -0.465 e. The molecule has 0 aromatic rings. The van der Waals surface area contributed by atoms with Crippen LogP contribution in [0.2, 0.25) is 0 Å². The van der Waals surface area contributed by atoms with Gasteiger partial charge in [0.2, 0.25) is 5.91 Å². The molecule has 0 rings (SSSR count). The van der Waals surface area contributed by atoms with E-state index in [1.54, 1.807) is 13.8 Å². The van der Waals surface area contributed by atoms with Crippen LogP contribution in [0, 0.1) is 5.41 Å². The second kappa shape index (κ2) is 6.82. The molecule has 0 aliphatic rings. The highest BCUT2D eigenvalue weighted by Crippen LogP contribution is 1.85. The average molecular weight is 198 g/mol. The first-order valence-electron chi connectivity index (χ1n) is 4.22. The van der Waals surface area contributed by atoms with Crippen molar-refractivity contribution in [3.63, 3.8) is 0 Å². The molecular formula is C9H14N2O3. The number of amides is 1. The normalized spacial score (nSPS) is 10.6. The van der Waals surface area contributed by atoms with Crippen molar-refractivity contribution in [2.45, 2.75) is 13.8 Å². The first-order valence-corrected chi connectivity index (χ1v) is 4.22. The lowest BCUT2D eigenvalue weighted by molar-refractivity contribution is -0.143. The van der Waals surface area contributed by atoms with Crippen molar-refractivity contribution in [1.29, 1.82) is 5.41 Å². The Labute approximate surface area is 82.6 Å². The summed E-state index contributed by atoms with van der Waals surface area (Å²) in [6, 6.07) is 0. The summed E-state index contributed by atoms with van der Waals surface area (Å²) in [6.07, 6.45) is 2.30. The van der Waals surface area contributed by atoms with E-state index in [9.17, 15) is 9.59 Å². The molecule has 0 atom stereocenters. The predicted octanol–water partition coefficient (Wildman–Crippen LogP) is 0.262. The van der Waals surface area contributed by atoms with Gasteiger partial charge in [0.25, 0.3) is 0 Å². The maximum atomic E-state index is 11.0. The number of allylic oxidation sites excluding steroid dienone is 1. The van der Waals surface area contributed by atoms with Crippen LogP contribution < -0.4 is 5.32 Å². The van der Waals surface area contributed by atoms with Gasteiger partial charge in [-0.05, 0) is 19.4 Å². The minimum atomic E-state index is -0.471. The Kier molecular flexibility index (Phi) is 6.02. The highest BCUT2D eigenvalue weighted by atomic mass is 16.5. The van der Waals surface area contributed by atoms with E-state index in [1.807, 2.05) is 0 Å². The number of esters is 1. The molecule has 14 heavy (non-hydrogen) atoms. The second-order valence-corrected chi connectivity index (χ2v) is 2.56. The Morgan fingerprint density at radius 1 is 1.50 bits per heavy atom. The zero-order chi connectivity index (χ0) is 11.0. The van der Waals surface area contributed by atoms with Crippen LogP contribution in [0.25, 0.3) is 0 Å². The Bertz CT molecular complexity index is 259. The molecule has 2 N–H and O–H groups in total. The van der Waals surface area contributed by atoms with E-state index in [-0.39, 0.29) is 6.54 Å². The van der Waals surface area contributed by atoms with Gasteiger partial charge >= 0.3 is 5.97 Å². The first kappa shape index (κ1) is 12.3. The van der Waals surface area contributed by atoms with Gasteiger partial charge in [0.05, 0.1) is 6.61 Å². The molecule has 0 fully saturated rings. The van der Waals surface area contributed by atoms with Gasteiger partial charge in [-0.2, -0.15) is 0 Å². The monoisotopic (exact) mass is 198 g/mol. The van der Waals surface area contributed by atoms with Crippen LogP contribution in [0.15, 0.2) is 11.6 Å². The summed E-state index contributed by atoms with van der Waals surface area (Å²) in [5, 5.41) is 9.16. The number of carbonyl (C=O) groups is 2. The molecule has 0 radical (unpaired) electrons. The number of hydrogen-bond acceptors (Lipinski definition) is 4. The number of rotatable bonds is 5. The van der Waals surface area contributed by atoms with Crippen LogP contribution in [0.5, 0.6) is 0 Å². The average Bonchev–Trinajstić information content (AvgIpc) is 2.15. The van der Waals surface area contributed by atoms with Crippen molar-refractivity contribution in [2.75, 3.05) is 13.2 Å². The Morgan fingerprint density at radius 2 is 2.14 bits per heavy atom. The maximum Gasteiger partial charge on any atom is 0.325 e. The maximum absolute atomic E-state index is 11.0. The van der Waals surface area contributed by atoms with Crippen molar-refractivity contribution in [3.8, 4) is 0 Å². The van der Waals surface area contributed by atoms with E-state index < -0.39 is 11.9 Å². The largest absolute Gasteiger partial charge is 0.465 e. The lowest BCUT2D eigenvalue weighted by Gasteiger charge is -2.01. The van der Waals surface area contributed by atoms with Crippen LogP contribution in [0.1, 0.15) is 13.8 Å². The van der Waals surface area contributed by atoms with Crippen LogP contribution in [-0.4, -0.2) is 31.2 Å². The number of carbonyl (C=O) groups excluding carboxylic acids is 2. The van der Waals surface area contributed by atoms with Gasteiger partial charge in [0.15, 0.2) is 0 Å². The van der Waals surface area contributed by atoms with E-state index in [4.69, 9.17) is 5.41 Å². The first-order chi connectivity index (χ1) is 6.60. The van der Waals surface area contributed by atoms with Crippen molar-refractivity contribution >= 4 is 18.1 Å². The lowest BCUT2D eigenvalue weighted by atomic mass is 10.3. The van der Waals surface area contributed by atoms with E-state index in [1.165, 1.54) is 6.08 Å². The van der Waals surface area contributed by atoms with Gasteiger partial charge in [-0.25, -0.2) is 0 Å². The van der Waals surface area contributed by atoms with Crippen molar-refractivity contribution in [1.82, 2.24) is 5.32 Å². The third kappa shape index (κ3) is 5.93. The molecule has 0 unspecified atom stereocenters. The summed E-state index contributed by atoms with van der Waals surface area (Å²) in [6.45, 7) is 3.47. The molecule has 0 heterocycles. The summed E-state index contributed by atoms with van der Waals surface area (Å²) < 4.78 is 4.60. The standard InChI is InChI=1S/C9H14N2O3/c1-3-14-9(13)6-11-8(12)4-7(2)5-10/h4-5,10H,3,6H2,1-2H3,(H,11,12)/b7-4-,10-5?. The lowest BCUT2D eigenvalue weighted by Crippen LogP contribution is -2.29. The van der Waals surface area contributed by atoms with Crippen LogP contribution in [0.3, 0.4) is 0 Å². The Balaban J connectivity index is 3.85. The van der Waals surface area contributed by atoms with E-state index in [0.717, 1.165) is 6.21 Å². The highest BCUT2D eigenvalue weighted by Gasteiger charge is 2.02. The summed E-state index contributed by atoms with van der Waals surface area (Å²) >= 11 is 0. The minimum absolute atomic E-state index is 0.144. The van der Waals surface area contributed by atoms with E-state index in [2.05, 4.69) is 10.1 Å². The van der Waals surface area contributed by atoms with Gasteiger partial charge in [-0.1, -0.05) is 0 Å². The fourth-order valence-corrected chi connectivity index (χ4v) is 0.671. The molecular weight excluding hydrogens is 184 g/mol. The van der Waals surface area contributed by atoms with E-state index >= 15 is 0 Å². The molecule has 1 amide bonds. The number of nitrogens with one attached hydrogen (secondary N) is 2. The quantitative estimate of drug-likeness (QED) is 0.378. The molecule has 0 aliphatic heterocycles. The number of hydrogen-bond donors (Lipinski definition) is 2. The topological polar surface area (TPSA) is 79.2 Å². The molecule has 78 valence electrons. The van der Waals surface area contributed by atoms with Gasteiger partial charge in [0, 0.05) is 12.3 Å². The molecule has 0 bridgehead atoms. The van der Waals surface area contributed by atoms with E-state index in [0.29, 0.717) is 12.2 Å². The summed E-state index contributed by atoms with van der Waals surface area (Å²) in [4.78, 5) is 21.8. The Hall–Kier alpha value is -1.65. The van der Waals surface area contributed by atoms with Crippen molar-refractivity contribution < 1.29 is 14.3 Å². The number of ether oxygens (including phenoxy) is 1. The second-order valence-electron chi connectivity index (χ2n) is 2.56. The third-order valence-electron chi connectivity index (χ3n) is 1.30. The molecule has 0 aromatic carbocycles. The third-order valence-corrected chi connectivity index (χ3v) is 1.30. The van der Waals surface area contributed by atoms with Crippen molar-refractivity contribution in [2.24, 2.45) is 0 Å².